The molecule has 0 saturated heterocycles. The summed E-state index contributed by atoms with van der Waals surface area (Å²) < 4.78 is 1.57. The summed E-state index contributed by atoms with van der Waals surface area (Å²) in [7, 11) is 0. The van der Waals surface area contributed by atoms with Crippen molar-refractivity contribution in [2.24, 2.45) is 0 Å². The Morgan fingerprint density at radius 2 is 2.00 bits per heavy atom. The number of aliphatic carboxylic acids is 1. The van der Waals surface area contributed by atoms with Crippen LogP contribution in [-0.4, -0.2) is 32.8 Å². The molecule has 1 aromatic heterocycles. The number of aromatic nitrogens is 2. The number of benzene rings is 1. The third-order valence-corrected chi connectivity index (χ3v) is 3.02. The molecule has 6 heteroatoms. The van der Waals surface area contributed by atoms with E-state index in [0.717, 1.165) is 5.69 Å². The van der Waals surface area contributed by atoms with Gasteiger partial charge in [0.05, 0.1) is 5.69 Å². The van der Waals surface area contributed by atoms with E-state index in [4.69, 9.17) is 5.11 Å². The molecular formula is C15H17N3O3. The Morgan fingerprint density at radius 3 is 2.62 bits per heavy atom. The van der Waals surface area contributed by atoms with Gasteiger partial charge in [0.1, 0.15) is 6.04 Å². The summed E-state index contributed by atoms with van der Waals surface area (Å²) in [5.41, 5.74) is 1.03. The van der Waals surface area contributed by atoms with Gasteiger partial charge in [0.25, 0.3) is 5.91 Å². The van der Waals surface area contributed by atoms with E-state index >= 15 is 0 Å². The molecule has 0 aliphatic rings. The van der Waals surface area contributed by atoms with Crippen molar-refractivity contribution >= 4 is 11.9 Å². The molecule has 0 radical (unpaired) electrons. The lowest BCUT2D eigenvalue weighted by Gasteiger charge is -2.12. The maximum absolute atomic E-state index is 12.0. The molecule has 0 aliphatic heterocycles. The van der Waals surface area contributed by atoms with Crippen molar-refractivity contribution in [1.82, 2.24) is 15.1 Å². The number of carbonyl (C=O) groups is 2. The van der Waals surface area contributed by atoms with Gasteiger partial charge >= 0.3 is 5.97 Å². The van der Waals surface area contributed by atoms with E-state index in [2.05, 4.69) is 10.4 Å². The zero-order valence-electron chi connectivity index (χ0n) is 11.7. The minimum Gasteiger partial charge on any atom is -0.480 e. The highest BCUT2D eigenvalue weighted by Gasteiger charge is 2.20. The van der Waals surface area contributed by atoms with Gasteiger partial charge in [-0.25, -0.2) is 9.48 Å². The summed E-state index contributed by atoms with van der Waals surface area (Å²) in [6, 6.07) is 10.1. The number of nitrogens with one attached hydrogen (secondary N) is 1. The van der Waals surface area contributed by atoms with Crippen molar-refractivity contribution < 1.29 is 14.7 Å². The maximum Gasteiger partial charge on any atom is 0.326 e. The third-order valence-electron chi connectivity index (χ3n) is 3.02. The Bertz CT molecular complexity index is 622. The molecule has 1 atom stereocenters. The fraction of sp³-hybridized carbons (Fsp3) is 0.267. The standard InChI is InChI=1S/C15H17N3O3/c1-2-6-13(15(20)21)16-14(19)12-9-10-18(17-12)11-7-4-3-5-8-11/h3-5,7-10,13H,2,6H2,1H3,(H,16,19)(H,20,21). The molecule has 2 aromatic rings. The Morgan fingerprint density at radius 1 is 1.29 bits per heavy atom. The van der Waals surface area contributed by atoms with E-state index in [0.29, 0.717) is 12.8 Å². The fourth-order valence-corrected chi connectivity index (χ4v) is 1.95. The Balaban J connectivity index is 2.10. The average molecular weight is 287 g/mol. The Labute approximate surface area is 122 Å². The number of carboxylic acid groups (broad SMARTS) is 1. The SMILES string of the molecule is CCCC(NC(=O)c1ccn(-c2ccccc2)n1)C(=O)O. The van der Waals surface area contributed by atoms with E-state index in [-0.39, 0.29) is 5.69 Å². The first-order valence-corrected chi connectivity index (χ1v) is 6.76. The van der Waals surface area contributed by atoms with Crippen LogP contribution in [0.3, 0.4) is 0 Å². The van der Waals surface area contributed by atoms with Crippen LogP contribution in [0.25, 0.3) is 5.69 Å². The van der Waals surface area contributed by atoms with Crippen molar-refractivity contribution in [3.8, 4) is 5.69 Å². The molecule has 1 aromatic carbocycles. The van der Waals surface area contributed by atoms with Crippen LogP contribution in [0.15, 0.2) is 42.6 Å². The van der Waals surface area contributed by atoms with Crippen molar-refractivity contribution in [2.45, 2.75) is 25.8 Å². The highest BCUT2D eigenvalue weighted by Crippen LogP contribution is 2.07. The van der Waals surface area contributed by atoms with E-state index in [1.807, 2.05) is 37.3 Å². The number of carboxylic acids is 1. The predicted octanol–water partition coefficient (Wildman–Crippen LogP) is 1.86. The molecule has 1 heterocycles. The third kappa shape index (κ3) is 3.68. The smallest absolute Gasteiger partial charge is 0.326 e. The molecule has 2 N–H and O–H groups in total. The number of nitrogens with zero attached hydrogens (tertiary/aromatic N) is 2. The van der Waals surface area contributed by atoms with Crippen LogP contribution in [-0.2, 0) is 4.79 Å². The monoisotopic (exact) mass is 287 g/mol. The summed E-state index contributed by atoms with van der Waals surface area (Å²) >= 11 is 0. The van der Waals surface area contributed by atoms with E-state index in [1.54, 1.807) is 16.9 Å². The molecule has 110 valence electrons. The van der Waals surface area contributed by atoms with Gasteiger partial charge < -0.3 is 10.4 Å². The molecule has 0 fully saturated rings. The molecule has 2 rings (SSSR count). The number of rotatable bonds is 6. The van der Waals surface area contributed by atoms with Crippen LogP contribution in [0, 0.1) is 0 Å². The first-order chi connectivity index (χ1) is 10.1. The first kappa shape index (κ1) is 14.8. The number of amides is 1. The van der Waals surface area contributed by atoms with Crippen LogP contribution in [0.2, 0.25) is 0 Å². The molecular weight excluding hydrogens is 270 g/mol. The zero-order valence-corrected chi connectivity index (χ0v) is 11.7. The second-order valence-corrected chi connectivity index (χ2v) is 4.63. The van der Waals surface area contributed by atoms with E-state index in [9.17, 15) is 9.59 Å². The van der Waals surface area contributed by atoms with Gasteiger partial charge in [0.15, 0.2) is 5.69 Å². The van der Waals surface area contributed by atoms with E-state index < -0.39 is 17.9 Å². The quantitative estimate of drug-likeness (QED) is 0.849. The molecule has 0 aliphatic carbocycles. The molecule has 0 bridgehead atoms. The highest BCUT2D eigenvalue weighted by atomic mass is 16.4. The maximum atomic E-state index is 12.0. The molecule has 0 saturated carbocycles. The van der Waals surface area contributed by atoms with Crippen LogP contribution >= 0.6 is 0 Å². The average Bonchev–Trinajstić information content (AvgIpc) is 2.97. The second kappa shape index (κ2) is 6.69. The summed E-state index contributed by atoms with van der Waals surface area (Å²) in [4.78, 5) is 23.1. The lowest BCUT2D eigenvalue weighted by atomic mass is 10.1. The van der Waals surface area contributed by atoms with Crippen LogP contribution in [0.5, 0.6) is 0 Å². The van der Waals surface area contributed by atoms with Gasteiger partial charge in [0.2, 0.25) is 0 Å². The van der Waals surface area contributed by atoms with Crippen LogP contribution < -0.4 is 5.32 Å². The fourth-order valence-electron chi connectivity index (χ4n) is 1.95. The molecule has 1 amide bonds. The van der Waals surface area contributed by atoms with Gasteiger partial charge in [-0.05, 0) is 24.6 Å². The number of carbonyl (C=O) groups excluding carboxylic acids is 1. The normalized spacial score (nSPS) is 11.9. The largest absolute Gasteiger partial charge is 0.480 e. The summed E-state index contributed by atoms with van der Waals surface area (Å²) in [5, 5.41) is 15.7. The predicted molar refractivity (Wildman–Crippen MR) is 77.4 cm³/mol. The summed E-state index contributed by atoms with van der Waals surface area (Å²) in [5.74, 6) is -1.52. The molecule has 1 unspecified atom stereocenters. The summed E-state index contributed by atoms with van der Waals surface area (Å²) in [6.07, 6.45) is 2.73. The van der Waals surface area contributed by atoms with Crippen molar-refractivity contribution in [2.75, 3.05) is 0 Å². The Hall–Kier alpha value is -2.63. The minimum absolute atomic E-state index is 0.196. The highest BCUT2D eigenvalue weighted by molar-refractivity contribution is 5.94. The van der Waals surface area contributed by atoms with Gasteiger partial charge in [-0.1, -0.05) is 31.5 Å². The second-order valence-electron chi connectivity index (χ2n) is 4.63. The zero-order chi connectivity index (χ0) is 15.2. The summed E-state index contributed by atoms with van der Waals surface area (Å²) in [6.45, 7) is 1.87. The van der Waals surface area contributed by atoms with Crippen LogP contribution in [0.4, 0.5) is 0 Å². The minimum atomic E-state index is -1.03. The Kier molecular flexibility index (Phi) is 4.71. The van der Waals surface area contributed by atoms with Crippen LogP contribution in [0.1, 0.15) is 30.3 Å². The van der Waals surface area contributed by atoms with Crippen molar-refractivity contribution in [1.29, 1.82) is 0 Å². The van der Waals surface area contributed by atoms with E-state index in [1.165, 1.54) is 0 Å². The molecule has 21 heavy (non-hydrogen) atoms. The van der Waals surface area contributed by atoms with Gasteiger partial charge in [0, 0.05) is 6.20 Å². The van der Waals surface area contributed by atoms with Gasteiger partial charge in [-0.3, -0.25) is 4.79 Å². The number of hydrogen-bond donors (Lipinski definition) is 2. The van der Waals surface area contributed by atoms with Crippen molar-refractivity contribution in [3.05, 3.63) is 48.3 Å². The number of hydrogen-bond acceptors (Lipinski definition) is 3. The molecule has 0 spiro atoms. The first-order valence-electron chi connectivity index (χ1n) is 6.76. The topological polar surface area (TPSA) is 84.2 Å². The van der Waals surface area contributed by atoms with Gasteiger partial charge in [-0.15, -0.1) is 0 Å². The number of para-hydroxylation sites is 1. The lowest BCUT2D eigenvalue weighted by molar-refractivity contribution is -0.139. The lowest BCUT2D eigenvalue weighted by Crippen LogP contribution is -2.40. The van der Waals surface area contributed by atoms with Gasteiger partial charge in [-0.2, -0.15) is 5.10 Å². The molecule has 6 nitrogen and oxygen atoms in total. The van der Waals surface area contributed by atoms with Crippen molar-refractivity contribution in [3.63, 3.8) is 0 Å².